The minimum Gasteiger partial charge on any atom is -0.396 e. The van der Waals surface area contributed by atoms with Crippen molar-refractivity contribution < 1.29 is 5.11 Å². The van der Waals surface area contributed by atoms with Crippen LogP contribution in [0.3, 0.4) is 0 Å². The lowest BCUT2D eigenvalue weighted by Crippen LogP contribution is -2.35. The molecule has 2 aliphatic rings. The smallest absolute Gasteiger partial charge is 0.0781 e. The number of allylic oxidation sites excluding steroid dienone is 2. The molecule has 1 N–H and O–H groups in total. The van der Waals surface area contributed by atoms with Crippen molar-refractivity contribution >= 4 is 31.9 Å². The molecule has 12 heavy (non-hydrogen) atoms. The van der Waals surface area contributed by atoms with Gasteiger partial charge in [0.1, 0.15) is 0 Å². The van der Waals surface area contributed by atoms with Gasteiger partial charge in [0.25, 0.3) is 0 Å². The topological polar surface area (TPSA) is 20.2 Å². The Bertz CT molecular complexity index is 215. The lowest BCUT2D eigenvalue weighted by molar-refractivity contribution is 0.117. The van der Waals surface area contributed by atoms with E-state index in [-0.39, 0.29) is 15.8 Å². The Morgan fingerprint density at radius 3 is 2.50 bits per heavy atom. The molecule has 1 fully saturated rings. The molecule has 2 rings (SSSR count). The zero-order valence-corrected chi connectivity index (χ0v) is 9.88. The van der Waals surface area contributed by atoms with Crippen LogP contribution in [0.5, 0.6) is 0 Å². The van der Waals surface area contributed by atoms with Crippen LogP contribution >= 0.6 is 31.9 Å². The van der Waals surface area contributed by atoms with Crippen LogP contribution in [-0.2, 0) is 0 Å². The number of fused-ring (bicyclic) bond motifs is 2. The van der Waals surface area contributed by atoms with Crippen molar-refractivity contribution in [3.63, 3.8) is 0 Å². The number of rotatable bonds is 2. The van der Waals surface area contributed by atoms with Gasteiger partial charge in [0.15, 0.2) is 0 Å². The Balaban J connectivity index is 2.25. The Morgan fingerprint density at radius 2 is 2.25 bits per heavy atom. The molecule has 0 aromatic heterocycles. The molecule has 2 bridgehead atoms. The molecule has 0 spiro atoms. The number of aliphatic hydroxyl groups is 1. The first kappa shape index (κ1) is 9.22. The third kappa shape index (κ3) is 1.13. The minimum absolute atomic E-state index is 0.0550. The maximum absolute atomic E-state index is 9.42. The summed E-state index contributed by atoms with van der Waals surface area (Å²) in [6.07, 6.45) is 6.90. The van der Waals surface area contributed by atoms with Crippen LogP contribution in [0.25, 0.3) is 0 Å². The summed E-state index contributed by atoms with van der Waals surface area (Å²) >= 11 is 7.09. The van der Waals surface area contributed by atoms with Gasteiger partial charge in [0.05, 0.1) is 10.3 Å². The van der Waals surface area contributed by atoms with Crippen molar-refractivity contribution in [1.29, 1.82) is 0 Å². The number of alkyl halides is 2. The van der Waals surface area contributed by atoms with Gasteiger partial charge in [-0.2, -0.15) is 0 Å². The highest BCUT2D eigenvalue weighted by atomic mass is 79.9. The lowest BCUT2D eigenvalue weighted by Gasteiger charge is -2.35. The molecule has 1 nitrogen and oxygen atoms in total. The second-order valence-electron chi connectivity index (χ2n) is 3.88. The maximum Gasteiger partial charge on any atom is 0.0781 e. The number of halogens is 2. The van der Waals surface area contributed by atoms with Gasteiger partial charge in [-0.05, 0) is 24.7 Å². The van der Waals surface area contributed by atoms with Crippen molar-refractivity contribution in [3.8, 4) is 0 Å². The highest BCUT2D eigenvalue weighted by molar-refractivity contribution is 9.24. The highest BCUT2D eigenvalue weighted by Gasteiger charge is 2.51. The molecule has 2 aliphatic carbocycles. The Morgan fingerprint density at radius 1 is 1.50 bits per heavy atom. The summed E-state index contributed by atoms with van der Waals surface area (Å²) in [4.78, 5) is 0. The predicted molar refractivity (Wildman–Crippen MR) is 56.5 cm³/mol. The van der Waals surface area contributed by atoms with Crippen LogP contribution in [0.2, 0.25) is 0 Å². The van der Waals surface area contributed by atoms with Crippen LogP contribution in [-0.4, -0.2) is 15.4 Å². The molecule has 0 aromatic carbocycles. The first-order chi connectivity index (χ1) is 5.69. The van der Waals surface area contributed by atoms with E-state index in [1.165, 1.54) is 6.42 Å². The Kier molecular flexibility index (Phi) is 2.39. The lowest BCUT2D eigenvalue weighted by atomic mass is 9.78. The average molecular weight is 296 g/mol. The fourth-order valence-electron chi connectivity index (χ4n) is 2.49. The SMILES string of the molecule is OCC1(C(Br)Br)CC2C=CC1C2. The summed E-state index contributed by atoms with van der Waals surface area (Å²) < 4.78 is 0.238. The van der Waals surface area contributed by atoms with Crippen molar-refractivity contribution in [2.24, 2.45) is 17.3 Å². The fraction of sp³-hybridized carbons (Fsp3) is 0.778. The van der Waals surface area contributed by atoms with E-state index in [9.17, 15) is 5.11 Å². The van der Waals surface area contributed by atoms with E-state index >= 15 is 0 Å². The third-order valence-electron chi connectivity index (χ3n) is 3.28. The molecule has 0 radical (unpaired) electrons. The molecule has 1 saturated carbocycles. The monoisotopic (exact) mass is 294 g/mol. The van der Waals surface area contributed by atoms with Crippen molar-refractivity contribution in [1.82, 2.24) is 0 Å². The van der Waals surface area contributed by atoms with E-state index in [1.807, 2.05) is 0 Å². The van der Waals surface area contributed by atoms with E-state index in [4.69, 9.17) is 0 Å². The molecule has 68 valence electrons. The molecule has 3 unspecified atom stereocenters. The van der Waals surface area contributed by atoms with Gasteiger partial charge in [0.2, 0.25) is 0 Å². The first-order valence-corrected chi connectivity index (χ1v) is 6.09. The zero-order chi connectivity index (χ0) is 8.77. The summed E-state index contributed by atoms with van der Waals surface area (Å²) in [7, 11) is 0. The van der Waals surface area contributed by atoms with Crippen LogP contribution in [0.1, 0.15) is 12.8 Å². The molecule has 0 heterocycles. The average Bonchev–Trinajstić information content (AvgIpc) is 2.62. The highest BCUT2D eigenvalue weighted by Crippen LogP contribution is 2.56. The molecule has 3 heteroatoms. The predicted octanol–water partition coefficient (Wildman–Crippen LogP) is 2.68. The zero-order valence-electron chi connectivity index (χ0n) is 6.71. The maximum atomic E-state index is 9.42. The Hall–Kier alpha value is 0.660. The van der Waals surface area contributed by atoms with Crippen LogP contribution < -0.4 is 0 Å². The van der Waals surface area contributed by atoms with Crippen LogP contribution in [0.15, 0.2) is 12.2 Å². The third-order valence-corrected chi connectivity index (χ3v) is 5.11. The second kappa shape index (κ2) is 3.10. The summed E-state index contributed by atoms with van der Waals surface area (Å²) in [6, 6.07) is 0. The van der Waals surface area contributed by atoms with Crippen LogP contribution in [0.4, 0.5) is 0 Å². The first-order valence-electron chi connectivity index (χ1n) is 4.26. The van der Waals surface area contributed by atoms with Gasteiger partial charge >= 0.3 is 0 Å². The van der Waals surface area contributed by atoms with Crippen LogP contribution in [0, 0.1) is 17.3 Å². The van der Waals surface area contributed by atoms with E-state index in [1.54, 1.807) is 0 Å². The van der Waals surface area contributed by atoms with Gasteiger partial charge in [-0.25, -0.2) is 0 Å². The fourth-order valence-corrected chi connectivity index (χ4v) is 3.84. The molecule has 3 atom stereocenters. The van der Waals surface area contributed by atoms with E-state index in [0.717, 1.165) is 6.42 Å². The molecular formula is C9H12Br2O. The Labute approximate surface area is 89.5 Å². The van der Waals surface area contributed by atoms with Gasteiger partial charge in [0, 0.05) is 5.41 Å². The number of aliphatic hydroxyl groups excluding tert-OH is 1. The number of hydrogen-bond donors (Lipinski definition) is 1. The van der Waals surface area contributed by atoms with E-state index in [2.05, 4.69) is 44.0 Å². The van der Waals surface area contributed by atoms with Gasteiger partial charge in [-0.1, -0.05) is 44.0 Å². The van der Waals surface area contributed by atoms with Crippen molar-refractivity contribution in [2.75, 3.05) is 6.61 Å². The molecule has 0 saturated heterocycles. The van der Waals surface area contributed by atoms with Gasteiger partial charge in [-0.15, -0.1) is 0 Å². The summed E-state index contributed by atoms with van der Waals surface area (Å²) in [6.45, 7) is 0.277. The summed E-state index contributed by atoms with van der Waals surface area (Å²) in [5, 5.41) is 9.42. The second-order valence-corrected chi connectivity index (χ2v) is 6.94. The minimum atomic E-state index is 0.0550. The van der Waals surface area contributed by atoms with Crippen molar-refractivity contribution in [3.05, 3.63) is 12.2 Å². The quantitative estimate of drug-likeness (QED) is 0.613. The van der Waals surface area contributed by atoms with Gasteiger partial charge < -0.3 is 5.11 Å². The number of hydrogen-bond acceptors (Lipinski definition) is 1. The van der Waals surface area contributed by atoms with E-state index < -0.39 is 0 Å². The molecule has 0 aromatic rings. The molecular weight excluding hydrogens is 284 g/mol. The van der Waals surface area contributed by atoms with Crippen molar-refractivity contribution in [2.45, 2.75) is 16.6 Å². The largest absolute Gasteiger partial charge is 0.396 e. The normalized spacial score (nSPS) is 44.7. The van der Waals surface area contributed by atoms with E-state index in [0.29, 0.717) is 11.8 Å². The summed E-state index contributed by atoms with van der Waals surface area (Å²) in [5.74, 6) is 1.27. The van der Waals surface area contributed by atoms with Gasteiger partial charge in [-0.3, -0.25) is 0 Å². The molecule has 0 amide bonds. The standard InChI is InChI=1S/C9H12Br2O/c10-8(11)9(5-12)4-6-1-2-7(9)3-6/h1-2,6-8,12H,3-5H2. The summed E-state index contributed by atoms with van der Waals surface area (Å²) in [5.41, 5.74) is 0.0550. The molecule has 0 aliphatic heterocycles.